The molecule has 2 aromatic carbocycles. The number of hydrogen-bond donors (Lipinski definition) is 1. The van der Waals surface area contributed by atoms with Crippen LogP contribution in [-0.4, -0.2) is 50.0 Å². The van der Waals surface area contributed by atoms with E-state index in [9.17, 15) is 9.59 Å². The number of hydrogen-bond acceptors (Lipinski definition) is 4. The zero-order valence-electron chi connectivity index (χ0n) is 15.2. The standard InChI is InChI=1S/C20H23N3O3/c1-14-20(25)23(12-11-22(2)3)17-10-9-16(13-18(17)26-14)21-19(24)15-7-5-4-6-8-15/h4-10,13-14H,11-12H2,1-3H3,(H,21,24). The molecule has 1 unspecified atom stereocenters. The van der Waals surface area contributed by atoms with Gasteiger partial charge in [0, 0.05) is 30.4 Å². The molecule has 0 saturated heterocycles. The molecular weight excluding hydrogens is 330 g/mol. The number of benzene rings is 2. The molecule has 26 heavy (non-hydrogen) atoms. The van der Waals surface area contributed by atoms with Gasteiger partial charge in [-0.25, -0.2) is 0 Å². The van der Waals surface area contributed by atoms with E-state index in [4.69, 9.17) is 4.74 Å². The van der Waals surface area contributed by atoms with Crippen LogP contribution in [0.5, 0.6) is 5.75 Å². The Labute approximate surface area is 153 Å². The maximum absolute atomic E-state index is 12.5. The van der Waals surface area contributed by atoms with E-state index >= 15 is 0 Å². The summed E-state index contributed by atoms with van der Waals surface area (Å²) in [6.07, 6.45) is -0.551. The van der Waals surface area contributed by atoms with Crippen molar-refractivity contribution in [3.8, 4) is 5.75 Å². The molecule has 136 valence electrons. The van der Waals surface area contributed by atoms with Crippen molar-refractivity contribution in [1.29, 1.82) is 0 Å². The predicted octanol–water partition coefficient (Wildman–Crippen LogP) is 2.61. The fourth-order valence-corrected chi connectivity index (χ4v) is 2.81. The highest BCUT2D eigenvalue weighted by molar-refractivity contribution is 6.05. The van der Waals surface area contributed by atoms with E-state index in [-0.39, 0.29) is 11.8 Å². The lowest BCUT2D eigenvalue weighted by atomic mass is 10.1. The number of carbonyl (C=O) groups is 2. The fraction of sp³-hybridized carbons (Fsp3) is 0.300. The minimum atomic E-state index is -0.551. The number of fused-ring (bicyclic) bond motifs is 1. The average Bonchev–Trinajstić information content (AvgIpc) is 2.62. The van der Waals surface area contributed by atoms with E-state index in [2.05, 4.69) is 5.32 Å². The monoisotopic (exact) mass is 353 g/mol. The molecule has 6 nitrogen and oxygen atoms in total. The van der Waals surface area contributed by atoms with Crippen molar-refractivity contribution < 1.29 is 14.3 Å². The lowest BCUT2D eigenvalue weighted by Gasteiger charge is -2.34. The summed E-state index contributed by atoms with van der Waals surface area (Å²) in [4.78, 5) is 28.6. The lowest BCUT2D eigenvalue weighted by Crippen LogP contribution is -2.46. The third kappa shape index (κ3) is 3.86. The molecule has 2 amide bonds. The second-order valence-corrected chi connectivity index (χ2v) is 6.56. The van der Waals surface area contributed by atoms with Crippen LogP contribution >= 0.6 is 0 Å². The molecule has 6 heteroatoms. The van der Waals surface area contributed by atoms with Crippen LogP contribution in [0.2, 0.25) is 0 Å². The highest BCUT2D eigenvalue weighted by Crippen LogP contribution is 2.36. The van der Waals surface area contributed by atoms with Gasteiger partial charge in [0.05, 0.1) is 5.69 Å². The summed E-state index contributed by atoms with van der Waals surface area (Å²) >= 11 is 0. The van der Waals surface area contributed by atoms with Crippen molar-refractivity contribution in [1.82, 2.24) is 4.90 Å². The Hall–Kier alpha value is -2.86. The fourth-order valence-electron chi connectivity index (χ4n) is 2.81. The van der Waals surface area contributed by atoms with Gasteiger partial charge in [-0.05, 0) is 45.3 Å². The molecular formula is C20H23N3O3. The normalized spacial score (nSPS) is 16.2. The predicted molar refractivity (Wildman–Crippen MR) is 102 cm³/mol. The molecule has 3 rings (SSSR count). The van der Waals surface area contributed by atoms with Gasteiger partial charge in [0.25, 0.3) is 11.8 Å². The Morgan fingerprint density at radius 2 is 1.92 bits per heavy atom. The first-order valence-electron chi connectivity index (χ1n) is 8.59. The van der Waals surface area contributed by atoms with Crippen LogP contribution in [0.4, 0.5) is 11.4 Å². The van der Waals surface area contributed by atoms with E-state index in [1.54, 1.807) is 36.1 Å². The molecule has 1 heterocycles. The number of nitrogens with one attached hydrogen (secondary N) is 1. The Kier molecular flexibility index (Phi) is 5.23. The van der Waals surface area contributed by atoms with Gasteiger partial charge in [0.15, 0.2) is 6.10 Å². The van der Waals surface area contributed by atoms with Gasteiger partial charge >= 0.3 is 0 Å². The summed E-state index contributed by atoms with van der Waals surface area (Å²) in [5.74, 6) is 0.358. The molecule has 0 bridgehead atoms. The summed E-state index contributed by atoms with van der Waals surface area (Å²) < 4.78 is 5.75. The Balaban J connectivity index is 1.82. The molecule has 2 aromatic rings. The van der Waals surface area contributed by atoms with Gasteiger partial charge in [0.2, 0.25) is 0 Å². The van der Waals surface area contributed by atoms with Crippen molar-refractivity contribution in [2.75, 3.05) is 37.4 Å². The van der Waals surface area contributed by atoms with Crippen LogP contribution < -0.4 is 15.0 Å². The first kappa shape index (κ1) is 17.9. The number of nitrogens with zero attached hydrogens (tertiary/aromatic N) is 2. The molecule has 0 aliphatic carbocycles. The van der Waals surface area contributed by atoms with Gasteiger partial charge in [-0.3, -0.25) is 9.59 Å². The smallest absolute Gasteiger partial charge is 0.267 e. The molecule has 0 saturated carbocycles. The minimum absolute atomic E-state index is 0.0552. The summed E-state index contributed by atoms with van der Waals surface area (Å²) in [7, 11) is 3.94. The van der Waals surface area contributed by atoms with Gasteiger partial charge < -0.3 is 19.9 Å². The zero-order chi connectivity index (χ0) is 18.7. The van der Waals surface area contributed by atoms with E-state index < -0.39 is 6.10 Å². The highest BCUT2D eigenvalue weighted by atomic mass is 16.5. The quantitative estimate of drug-likeness (QED) is 0.898. The molecule has 1 aliphatic rings. The number of amides is 2. The van der Waals surface area contributed by atoms with Crippen molar-refractivity contribution in [2.24, 2.45) is 0 Å². The zero-order valence-corrected chi connectivity index (χ0v) is 15.2. The Bertz CT molecular complexity index is 805. The molecule has 1 atom stereocenters. The number of anilines is 2. The summed E-state index contributed by atoms with van der Waals surface area (Å²) in [6.45, 7) is 3.08. The molecule has 0 radical (unpaired) electrons. The van der Waals surface area contributed by atoms with E-state index in [1.165, 1.54) is 0 Å². The van der Waals surface area contributed by atoms with Crippen molar-refractivity contribution in [2.45, 2.75) is 13.0 Å². The third-order valence-corrected chi connectivity index (χ3v) is 4.23. The molecule has 1 aliphatic heterocycles. The maximum atomic E-state index is 12.5. The Morgan fingerprint density at radius 3 is 2.62 bits per heavy atom. The Morgan fingerprint density at radius 1 is 1.19 bits per heavy atom. The summed E-state index contributed by atoms with van der Waals surface area (Å²) in [5, 5.41) is 2.87. The van der Waals surface area contributed by atoms with Crippen molar-refractivity contribution >= 4 is 23.2 Å². The van der Waals surface area contributed by atoms with E-state index in [0.717, 1.165) is 12.2 Å². The van der Waals surface area contributed by atoms with E-state index in [1.807, 2.05) is 43.3 Å². The van der Waals surface area contributed by atoms with Crippen LogP contribution in [0.25, 0.3) is 0 Å². The molecule has 1 N–H and O–H groups in total. The number of ether oxygens (including phenoxy) is 1. The third-order valence-electron chi connectivity index (χ3n) is 4.23. The number of likely N-dealkylation sites (N-methyl/N-ethyl adjacent to an activating group) is 1. The lowest BCUT2D eigenvalue weighted by molar-refractivity contribution is -0.125. The van der Waals surface area contributed by atoms with E-state index in [0.29, 0.717) is 23.5 Å². The highest BCUT2D eigenvalue weighted by Gasteiger charge is 2.31. The van der Waals surface area contributed by atoms with Gasteiger partial charge in [-0.2, -0.15) is 0 Å². The molecule has 0 fully saturated rings. The molecule has 0 spiro atoms. The number of carbonyl (C=O) groups excluding carboxylic acids is 2. The second kappa shape index (κ2) is 7.58. The topological polar surface area (TPSA) is 61.9 Å². The van der Waals surface area contributed by atoms with Crippen LogP contribution in [0.1, 0.15) is 17.3 Å². The van der Waals surface area contributed by atoms with Crippen LogP contribution in [-0.2, 0) is 4.79 Å². The first-order chi connectivity index (χ1) is 12.5. The van der Waals surface area contributed by atoms with Gasteiger partial charge in [-0.1, -0.05) is 18.2 Å². The number of rotatable bonds is 5. The maximum Gasteiger partial charge on any atom is 0.267 e. The SMILES string of the molecule is CC1Oc2cc(NC(=O)c3ccccc3)ccc2N(CCN(C)C)C1=O. The van der Waals surface area contributed by atoms with Crippen molar-refractivity contribution in [3.63, 3.8) is 0 Å². The molecule has 0 aromatic heterocycles. The van der Waals surface area contributed by atoms with Gasteiger partial charge in [-0.15, -0.1) is 0 Å². The van der Waals surface area contributed by atoms with Crippen LogP contribution in [0.3, 0.4) is 0 Å². The van der Waals surface area contributed by atoms with Gasteiger partial charge in [0.1, 0.15) is 5.75 Å². The minimum Gasteiger partial charge on any atom is -0.479 e. The van der Waals surface area contributed by atoms with Crippen molar-refractivity contribution in [3.05, 3.63) is 54.1 Å². The largest absolute Gasteiger partial charge is 0.479 e. The summed E-state index contributed by atoms with van der Waals surface area (Å²) in [6, 6.07) is 14.4. The first-order valence-corrected chi connectivity index (χ1v) is 8.59. The summed E-state index contributed by atoms with van der Waals surface area (Å²) in [5.41, 5.74) is 1.95. The van der Waals surface area contributed by atoms with Crippen LogP contribution in [0.15, 0.2) is 48.5 Å². The van der Waals surface area contributed by atoms with Crippen LogP contribution in [0, 0.1) is 0 Å². The average molecular weight is 353 g/mol. The second-order valence-electron chi connectivity index (χ2n) is 6.56.